The van der Waals surface area contributed by atoms with E-state index in [0.717, 1.165) is 11.3 Å². The Bertz CT molecular complexity index is 1170. The first-order valence-corrected chi connectivity index (χ1v) is 9.10. The Hall–Kier alpha value is -3.40. The number of nitrogens with zero attached hydrogens (tertiary/aromatic N) is 1. The van der Waals surface area contributed by atoms with E-state index < -0.39 is 18.5 Å². The van der Waals surface area contributed by atoms with Gasteiger partial charge in [-0.05, 0) is 31.5 Å². The molecule has 9 nitrogen and oxygen atoms in total. The monoisotopic (exact) mass is 401 g/mol. The Morgan fingerprint density at radius 2 is 2.07 bits per heavy atom. The van der Waals surface area contributed by atoms with Crippen LogP contribution in [0.4, 0.5) is 5.69 Å². The number of amides is 1. The maximum absolute atomic E-state index is 12.4. The van der Waals surface area contributed by atoms with Crippen LogP contribution < -0.4 is 20.3 Å². The van der Waals surface area contributed by atoms with Crippen molar-refractivity contribution in [3.05, 3.63) is 44.8 Å². The fraction of sp³-hybridized carbons (Fsp3) is 0.222. The number of ether oxygens (including phenoxy) is 3. The Morgan fingerprint density at radius 3 is 2.89 bits per heavy atom. The van der Waals surface area contributed by atoms with Gasteiger partial charge in [0.25, 0.3) is 11.5 Å². The number of aromatic amines is 1. The predicted octanol–water partition coefficient (Wildman–Crippen LogP) is 2.13. The van der Waals surface area contributed by atoms with Crippen molar-refractivity contribution in [2.45, 2.75) is 13.8 Å². The van der Waals surface area contributed by atoms with Crippen LogP contribution >= 0.6 is 11.3 Å². The lowest BCUT2D eigenvalue weighted by Gasteiger charge is -2.07. The van der Waals surface area contributed by atoms with E-state index in [1.54, 1.807) is 32.0 Å². The molecule has 144 valence electrons. The number of esters is 1. The van der Waals surface area contributed by atoms with Crippen molar-refractivity contribution in [2.24, 2.45) is 0 Å². The second-order valence-corrected chi connectivity index (χ2v) is 7.08. The van der Waals surface area contributed by atoms with Gasteiger partial charge in [0.1, 0.15) is 15.5 Å². The number of carbonyl (C=O) groups excluding carboxylic acids is 2. The van der Waals surface area contributed by atoms with Gasteiger partial charge >= 0.3 is 5.97 Å². The minimum atomic E-state index is -0.682. The van der Waals surface area contributed by atoms with Crippen LogP contribution in [0.2, 0.25) is 0 Å². The molecule has 2 aromatic heterocycles. The van der Waals surface area contributed by atoms with Crippen molar-refractivity contribution >= 4 is 39.1 Å². The normalized spacial score (nSPS) is 12.2. The van der Waals surface area contributed by atoms with E-state index >= 15 is 0 Å². The van der Waals surface area contributed by atoms with Crippen LogP contribution in [0, 0.1) is 13.8 Å². The third-order valence-corrected chi connectivity index (χ3v) is 5.26. The Labute approximate surface area is 162 Å². The molecule has 10 heteroatoms. The fourth-order valence-corrected chi connectivity index (χ4v) is 3.94. The summed E-state index contributed by atoms with van der Waals surface area (Å²) in [6.07, 6.45) is 0. The van der Waals surface area contributed by atoms with Crippen LogP contribution in [0.25, 0.3) is 10.2 Å². The quantitative estimate of drug-likeness (QED) is 0.643. The SMILES string of the molecule is Cc1nc2sc(C(=O)OCC(=O)Nc3ccc4c(c3)OCO4)c(C)c2c(=O)[nH]1. The summed E-state index contributed by atoms with van der Waals surface area (Å²) in [6.45, 7) is 2.97. The van der Waals surface area contributed by atoms with E-state index in [-0.39, 0.29) is 17.2 Å². The molecule has 0 unspecified atom stereocenters. The van der Waals surface area contributed by atoms with Crippen molar-refractivity contribution in [1.82, 2.24) is 9.97 Å². The Balaban J connectivity index is 1.43. The molecule has 0 bridgehead atoms. The van der Waals surface area contributed by atoms with Crippen LogP contribution in [0.1, 0.15) is 21.1 Å². The van der Waals surface area contributed by atoms with Crippen molar-refractivity contribution in [3.63, 3.8) is 0 Å². The van der Waals surface area contributed by atoms with Crippen LogP contribution in [-0.4, -0.2) is 35.2 Å². The van der Waals surface area contributed by atoms with Crippen molar-refractivity contribution in [1.29, 1.82) is 0 Å². The molecule has 1 aliphatic heterocycles. The summed E-state index contributed by atoms with van der Waals surface area (Å²) in [5, 5.41) is 2.97. The van der Waals surface area contributed by atoms with E-state index in [9.17, 15) is 14.4 Å². The molecule has 0 atom stereocenters. The summed E-state index contributed by atoms with van der Waals surface area (Å²) in [5.74, 6) is 0.408. The molecule has 3 aromatic rings. The third-order valence-electron chi connectivity index (χ3n) is 4.10. The molecule has 3 heterocycles. The van der Waals surface area contributed by atoms with Gasteiger partial charge in [-0.25, -0.2) is 9.78 Å². The number of aryl methyl sites for hydroxylation is 2. The number of aromatic nitrogens is 2. The molecule has 4 rings (SSSR count). The van der Waals surface area contributed by atoms with E-state index in [0.29, 0.717) is 38.8 Å². The summed E-state index contributed by atoms with van der Waals surface area (Å²) < 4.78 is 15.5. The molecule has 0 saturated heterocycles. The first-order chi connectivity index (χ1) is 13.4. The zero-order valence-electron chi connectivity index (χ0n) is 15.0. The molecule has 28 heavy (non-hydrogen) atoms. The molecule has 2 N–H and O–H groups in total. The molecule has 1 aliphatic rings. The first kappa shape index (κ1) is 18.0. The van der Waals surface area contributed by atoms with Gasteiger partial charge in [0, 0.05) is 11.8 Å². The lowest BCUT2D eigenvalue weighted by atomic mass is 10.2. The van der Waals surface area contributed by atoms with E-state index in [1.165, 1.54) is 0 Å². The van der Waals surface area contributed by atoms with E-state index in [4.69, 9.17) is 14.2 Å². The smallest absolute Gasteiger partial charge is 0.349 e. The zero-order chi connectivity index (χ0) is 19.8. The molecular formula is C18H15N3O6S. The second kappa shape index (κ2) is 6.97. The molecule has 0 fully saturated rings. The Morgan fingerprint density at radius 1 is 1.29 bits per heavy atom. The molecule has 1 aromatic carbocycles. The highest BCUT2D eigenvalue weighted by Crippen LogP contribution is 2.34. The van der Waals surface area contributed by atoms with Crippen LogP contribution in [0.15, 0.2) is 23.0 Å². The van der Waals surface area contributed by atoms with Gasteiger partial charge in [-0.1, -0.05) is 0 Å². The number of H-pyrrole nitrogens is 1. The summed E-state index contributed by atoms with van der Waals surface area (Å²) >= 11 is 1.06. The van der Waals surface area contributed by atoms with Crippen molar-refractivity contribution < 1.29 is 23.8 Å². The van der Waals surface area contributed by atoms with Crippen LogP contribution in [0.5, 0.6) is 11.5 Å². The summed E-state index contributed by atoms with van der Waals surface area (Å²) in [7, 11) is 0. The number of hydrogen-bond acceptors (Lipinski definition) is 8. The highest BCUT2D eigenvalue weighted by atomic mass is 32.1. The number of fused-ring (bicyclic) bond motifs is 2. The number of benzene rings is 1. The summed E-state index contributed by atoms with van der Waals surface area (Å²) in [4.78, 5) is 44.1. The van der Waals surface area contributed by atoms with Gasteiger partial charge in [-0.15, -0.1) is 11.3 Å². The summed E-state index contributed by atoms with van der Waals surface area (Å²) in [6, 6.07) is 4.96. The molecule has 1 amide bonds. The average molecular weight is 401 g/mol. The van der Waals surface area contributed by atoms with Crippen molar-refractivity contribution in [2.75, 3.05) is 18.7 Å². The zero-order valence-corrected chi connectivity index (χ0v) is 15.8. The van der Waals surface area contributed by atoms with Gasteiger partial charge in [-0.2, -0.15) is 0 Å². The second-order valence-electron chi connectivity index (χ2n) is 6.08. The van der Waals surface area contributed by atoms with Crippen LogP contribution in [0.3, 0.4) is 0 Å². The number of nitrogens with one attached hydrogen (secondary N) is 2. The highest BCUT2D eigenvalue weighted by Gasteiger charge is 2.21. The number of rotatable bonds is 4. The lowest BCUT2D eigenvalue weighted by Crippen LogP contribution is -2.20. The first-order valence-electron chi connectivity index (χ1n) is 8.29. The molecule has 0 radical (unpaired) electrons. The molecule has 0 saturated carbocycles. The third kappa shape index (κ3) is 3.29. The lowest BCUT2D eigenvalue weighted by molar-refractivity contribution is -0.119. The van der Waals surface area contributed by atoms with Gasteiger partial charge < -0.3 is 24.5 Å². The Kier molecular flexibility index (Phi) is 4.47. The average Bonchev–Trinajstić information content (AvgIpc) is 3.23. The van der Waals surface area contributed by atoms with Gasteiger partial charge in [0.05, 0.1) is 5.39 Å². The fourth-order valence-electron chi connectivity index (χ4n) is 2.81. The van der Waals surface area contributed by atoms with Gasteiger partial charge in [-0.3, -0.25) is 9.59 Å². The number of hydrogen-bond donors (Lipinski definition) is 2. The highest BCUT2D eigenvalue weighted by molar-refractivity contribution is 7.20. The molecule has 0 spiro atoms. The number of anilines is 1. The summed E-state index contributed by atoms with van der Waals surface area (Å²) in [5.41, 5.74) is 0.667. The largest absolute Gasteiger partial charge is 0.454 e. The van der Waals surface area contributed by atoms with Gasteiger partial charge in [0.2, 0.25) is 6.79 Å². The minimum absolute atomic E-state index is 0.135. The van der Waals surface area contributed by atoms with Crippen molar-refractivity contribution in [3.8, 4) is 11.5 Å². The minimum Gasteiger partial charge on any atom is -0.454 e. The maximum atomic E-state index is 12.4. The topological polar surface area (TPSA) is 120 Å². The number of carbonyl (C=O) groups is 2. The molecular weight excluding hydrogens is 386 g/mol. The number of thiophene rings is 1. The maximum Gasteiger partial charge on any atom is 0.349 e. The molecule has 0 aliphatic carbocycles. The van der Waals surface area contributed by atoms with Crippen LogP contribution in [-0.2, 0) is 9.53 Å². The van der Waals surface area contributed by atoms with E-state index in [2.05, 4.69) is 15.3 Å². The van der Waals surface area contributed by atoms with Gasteiger partial charge in [0.15, 0.2) is 18.1 Å². The van der Waals surface area contributed by atoms with E-state index in [1.807, 2.05) is 0 Å². The predicted molar refractivity (Wildman–Crippen MR) is 101 cm³/mol. The standard InChI is InChI=1S/C18H15N3O6S/c1-8-14-16(23)19-9(2)20-17(14)28-15(8)18(24)25-6-13(22)21-10-3-4-11-12(5-10)27-7-26-11/h3-5H,6-7H2,1-2H3,(H,21,22)(H,19,20,23).